The van der Waals surface area contributed by atoms with Crippen LogP contribution >= 0.6 is 0 Å². The zero-order valence-electron chi connectivity index (χ0n) is 16.5. The van der Waals surface area contributed by atoms with Crippen LogP contribution in [0.1, 0.15) is 49.9 Å². The number of carbonyl (C=O) groups is 1. The van der Waals surface area contributed by atoms with Gasteiger partial charge in [-0.05, 0) is 45.1 Å². The molecule has 1 amide bonds. The maximum absolute atomic E-state index is 11.9. The molecule has 0 atom stereocenters. The van der Waals surface area contributed by atoms with Crippen LogP contribution in [-0.4, -0.2) is 48.3 Å². The van der Waals surface area contributed by atoms with E-state index in [1.54, 1.807) is 7.05 Å². The van der Waals surface area contributed by atoms with E-state index >= 15 is 0 Å². The zero-order chi connectivity index (χ0) is 18.8. The standard InChI is InChI=1S/C19H34N6O/c1-15-13-16(2)25(24-15)12-6-9-22-19(20-3)23-11-10-21-18(26)14-17-7-4-5-8-17/h13,17H,4-12,14H2,1-3H3,(H,21,26)(H2,20,22,23). The number of guanidine groups is 1. The van der Waals surface area contributed by atoms with Crippen molar-refractivity contribution in [3.63, 3.8) is 0 Å². The van der Waals surface area contributed by atoms with E-state index in [1.165, 1.54) is 31.4 Å². The van der Waals surface area contributed by atoms with Crippen LogP contribution in [0.3, 0.4) is 0 Å². The smallest absolute Gasteiger partial charge is 0.220 e. The number of nitrogens with zero attached hydrogens (tertiary/aromatic N) is 3. The van der Waals surface area contributed by atoms with E-state index in [0.29, 0.717) is 25.4 Å². The number of aryl methyl sites for hydroxylation is 3. The second kappa shape index (κ2) is 10.8. The van der Waals surface area contributed by atoms with Gasteiger partial charge < -0.3 is 16.0 Å². The Hall–Kier alpha value is -2.05. The van der Waals surface area contributed by atoms with Crippen LogP contribution in [0.25, 0.3) is 0 Å². The first-order valence-electron chi connectivity index (χ1n) is 9.80. The van der Waals surface area contributed by atoms with Crippen LogP contribution in [-0.2, 0) is 11.3 Å². The number of nitrogens with one attached hydrogen (secondary N) is 3. The topological polar surface area (TPSA) is 83.3 Å². The van der Waals surface area contributed by atoms with Gasteiger partial charge in [-0.15, -0.1) is 0 Å². The number of hydrogen-bond donors (Lipinski definition) is 3. The Morgan fingerprint density at radius 2 is 1.88 bits per heavy atom. The van der Waals surface area contributed by atoms with Crippen molar-refractivity contribution in [2.24, 2.45) is 10.9 Å². The number of rotatable bonds is 9. The Morgan fingerprint density at radius 3 is 2.54 bits per heavy atom. The molecule has 1 fully saturated rings. The normalized spacial score (nSPS) is 15.3. The average Bonchev–Trinajstić information content (AvgIpc) is 3.22. The predicted molar refractivity (Wildman–Crippen MR) is 105 cm³/mol. The van der Waals surface area contributed by atoms with Crippen molar-refractivity contribution in [2.75, 3.05) is 26.7 Å². The summed E-state index contributed by atoms with van der Waals surface area (Å²) in [4.78, 5) is 16.1. The second-order valence-corrected chi connectivity index (χ2v) is 7.13. The van der Waals surface area contributed by atoms with Crippen LogP contribution in [0.4, 0.5) is 0 Å². The molecule has 26 heavy (non-hydrogen) atoms. The van der Waals surface area contributed by atoms with Crippen molar-refractivity contribution in [1.29, 1.82) is 0 Å². The average molecular weight is 363 g/mol. The molecule has 1 aliphatic rings. The van der Waals surface area contributed by atoms with Crippen LogP contribution in [0.5, 0.6) is 0 Å². The first-order chi connectivity index (χ1) is 12.6. The van der Waals surface area contributed by atoms with Gasteiger partial charge in [0.05, 0.1) is 5.69 Å². The van der Waals surface area contributed by atoms with Crippen LogP contribution in [0.15, 0.2) is 11.1 Å². The van der Waals surface area contributed by atoms with Gasteiger partial charge in [0.1, 0.15) is 0 Å². The Bertz CT molecular complexity index is 589. The molecule has 1 aromatic heterocycles. The molecule has 0 spiro atoms. The van der Waals surface area contributed by atoms with Crippen molar-refractivity contribution in [1.82, 2.24) is 25.7 Å². The number of amides is 1. The summed E-state index contributed by atoms with van der Waals surface area (Å²) in [5.41, 5.74) is 2.25. The van der Waals surface area contributed by atoms with E-state index in [1.807, 2.05) is 11.6 Å². The Balaban J connectivity index is 1.53. The summed E-state index contributed by atoms with van der Waals surface area (Å²) in [7, 11) is 1.76. The van der Waals surface area contributed by atoms with Crippen molar-refractivity contribution in [3.8, 4) is 0 Å². The van der Waals surface area contributed by atoms with E-state index in [2.05, 4.69) is 39.0 Å². The molecule has 0 bridgehead atoms. The Kier molecular flexibility index (Phi) is 8.44. The third-order valence-electron chi connectivity index (χ3n) is 4.85. The van der Waals surface area contributed by atoms with Crippen LogP contribution in [0, 0.1) is 19.8 Å². The van der Waals surface area contributed by atoms with Crippen molar-refractivity contribution < 1.29 is 4.79 Å². The second-order valence-electron chi connectivity index (χ2n) is 7.13. The quantitative estimate of drug-likeness (QED) is 0.355. The minimum absolute atomic E-state index is 0.173. The summed E-state index contributed by atoms with van der Waals surface area (Å²) >= 11 is 0. The zero-order valence-corrected chi connectivity index (χ0v) is 16.5. The fourth-order valence-corrected chi connectivity index (χ4v) is 3.49. The molecule has 0 saturated heterocycles. The number of aromatic nitrogens is 2. The van der Waals surface area contributed by atoms with E-state index in [0.717, 1.165) is 31.2 Å². The van der Waals surface area contributed by atoms with Gasteiger partial charge in [0.2, 0.25) is 5.91 Å². The Morgan fingerprint density at radius 1 is 1.19 bits per heavy atom. The fourth-order valence-electron chi connectivity index (χ4n) is 3.49. The minimum atomic E-state index is 0.173. The molecule has 1 aromatic rings. The van der Waals surface area contributed by atoms with Crippen molar-refractivity contribution in [3.05, 3.63) is 17.5 Å². The molecule has 2 rings (SSSR count). The third-order valence-corrected chi connectivity index (χ3v) is 4.85. The van der Waals surface area contributed by atoms with Crippen LogP contribution in [0.2, 0.25) is 0 Å². The Labute approximate surface area is 157 Å². The highest BCUT2D eigenvalue weighted by Crippen LogP contribution is 2.27. The number of carbonyl (C=O) groups excluding carboxylic acids is 1. The molecule has 0 radical (unpaired) electrons. The van der Waals surface area contributed by atoms with Gasteiger partial charge in [-0.2, -0.15) is 5.10 Å². The summed E-state index contributed by atoms with van der Waals surface area (Å²) in [6, 6.07) is 2.09. The maximum atomic E-state index is 11.9. The van der Waals surface area contributed by atoms with Gasteiger partial charge in [0, 0.05) is 45.3 Å². The maximum Gasteiger partial charge on any atom is 0.220 e. The lowest BCUT2D eigenvalue weighted by atomic mass is 10.0. The summed E-state index contributed by atoms with van der Waals surface area (Å²) in [5.74, 6) is 1.54. The fraction of sp³-hybridized carbons (Fsp3) is 0.737. The van der Waals surface area contributed by atoms with E-state index in [4.69, 9.17) is 0 Å². The van der Waals surface area contributed by atoms with Crippen LogP contribution < -0.4 is 16.0 Å². The third kappa shape index (κ3) is 7.06. The molecule has 0 unspecified atom stereocenters. The van der Waals surface area contributed by atoms with Gasteiger partial charge in [-0.3, -0.25) is 14.5 Å². The van der Waals surface area contributed by atoms with E-state index < -0.39 is 0 Å². The van der Waals surface area contributed by atoms with Crippen molar-refractivity contribution >= 4 is 11.9 Å². The highest BCUT2D eigenvalue weighted by atomic mass is 16.1. The highest BCUT2D eigenvalue weighted by Gasteiger charge is 2.17. The largest absolute Gasteiger partial charge is 0.356 e. The molecule has 3 N–H and O–H groups in total. The molecule has 7 heteroatoms. The SMILES string of the molecule is CN=C(NCCCn1nc(C)cc1C)NCCNC(=O)CC1CCCC1. The first-order valence-corrected chi connectivity index (χ1v) is 9.80. The lowest BCUT2D eigenvalue weighted by Crippen LogP contribution is -2.42. The van der Waals surface area contributed by atoms with Crippen molar-refractivity contribution in [2.45, 2.75) is 58.9 Å². The summed E-state index contributed by atoms with van der Waals surface area (Å²) in [6.45, 7) is 7.10. The molecule has 0 aromatic carbocycles. The highest BCUT2D eigenvalue weighted by molar-refractivity contribution is 5.79. The van der Waals surface area contributed by atoms with Gasteiger partial charge in [0.15, 0.2) is 5.96 Å². The van der Waals surface area contributed by atoms with E-state index in [-0.39, 0.29) is 5.91 Å². The van der Waals surface area contributed by atoms with Gasteiger partial charge in [-0.1, -0.05) is 12.8 Å². The summed E-state index contributed by atoms with van der Waals surface area (Å²) < 4.78 is 2.03. The van der Waals surface area contributed by atoms with Gasteiger partial charge in [-0.25, -0.2) is 0 Å². The lowest BCUT2D eigenvalue weighted by molar-refractivity contribution is -0.121. The molecular formula is C19H34N6O. The van der Waals surface area contributed by atoms with Gasteiger partial charge >= 0.3 is 0 Å². The summed E-state index contributed by atoms with van der Waals surface area (Å²) in [6.07, 6.45) is 6.63. The molecule has 0 aliphatic heterocycles. The predicted octanol–water partition coefficient (Wildman–Crippen LogP) is 1.75. The molecule has 1 heterocycles. The molecule has 7 nitrogen and oxygen atoms in total. The minimum Gasteiger partial charge on any atom is -0.356 e. The lowest BCUT2D eigenvalue weighted by Gasteiger charge is -2.13. The van der Waals surface area contributed by atoms with E-state index in [9.17, 15) is 4.79 Å². The summed E-state index contributed by atoms with van der Waals surface area (Å²) in [5, 5.41) is 14.0. The monoisotopic (exact) mass is 362 g/mol. The number of hydrogen-bond acceptors (Lipinski definition) is 3. The molecule has 1 aliphatic carbocycles. The first kappa shape index (κ1) is 20.3. The molecular weight excluding hydrogens is 328 g/mol. The number of aliphatic imine (C=N–C) groups is 1. The van der Waals surface area contributed by atoms with Gasteiger partial charge in [0.25, 0.3) is 0 Å². The molecule has 146 valence electrons. The molecule has 1 saturated carbocycles.